The minimum atomic E-state index is -2.61. The van der Waals surface area contributed by atoms with Gasteiger partial charge in [-0.15, -0.1) is 0 Å². The summed E-state index contributed by atoms with van der Waals surface area (Å²) in [6.45, 7) is 0. The van der Waals surface area contributed by atoms with E-state index in [1.54, 1.807) is 0 Å². The molecule has 34 heteroatoms. The van der Waals surface area contributed by atoms with Crippen LogP contribution in [-0.4, -0.2) is 166 Å². The Labute approximate surface area is 253 Å². The predicted molar refractivity (Wildman–Crippen MR) is 121 cm³/mol. The third-order valence-electron chi connectivity index (χ3n) is 0. The molecule has 34 heavy (non-hydrogen) atoms. The van der Waals surface area contributed by atoms with Crippen LogP contribution in [-0.2, 0) is 90.9 Å². The van der Waals surface area contributed by atoms with E-state index in [0.717, 1.165) is 0 Å². The van der Waals surface area contributed by atoms with Gasteiger partial charge in [-0.3, -0.25) is 72.8 Å². The zero-order chi connectivity index (χ0) is 28.6. The molecule has 0 aliphatic rings. The second-order valence-electron chi connectivity index (χ2n) is 1.85. The molecular formula is H18Na2O24S8. The molecule has 0 aromatic heterocycles. The van der Waals surface area contributed by atoms with Gasteiger partial charge in [0.1, 0.15) is 0 Å². The zero-order valence-corrected chi connectivity index (χ0v) is 20.2. The van der Waals surface area contributed by atoms with Crippen molar-refractivity contribution in [1.29, 1.82) is 0 Å². The van der Waals surface area contributed by atoms with Gasteiger partial charge in [0, 0.05) is 0 Å². The molecule has 24 nitrogen and oxygen atoms in total. The average Bonchev–Trinajstić information content (AvgIpc) is 2.30. The molecule has 0 fully saturated rings. The van der Waals surface area contributed by atoms with Gasteiger partial charge >= 0.3 is 59.1 Å². The average molecular weight is 705 g/mol. The van der Waals surface area contributed by atoms with Crippen molar-refractivity contribution >= 4 is 150 Å². The van der Waals surface area contributed by atoms with Crippen molar-refractivity contribution in [2.45, 2.75) is 0 Å². The summed E-state index contributed by atoms with van der Waals surface area (Å²) in [4.78, 5) is 0. The summed E-state index contributed by atoms with van der Waals surface area (Å²) in [5.74, 6) is 0. The van der Waals surface area contributed by atoms with Gasteiger partial charge in [0.2, 0.25) is 0 Å². The van der Waals surface area contributed by atoms with Crippen LogP contribution in [0.3, 0.4) is 0 Å². The summed E-state index contributed by atoms with van der Waals surface area (Å²) < 4.78 is 183. The second-order valence-corrected chi connectivity index (χ2v) is 5.54. The molecule has 0 saturated carbocycles. The van der Waals surface area contributed by atoms with Crippen molar-refractivity contribution in [3.63, 3.8) is 0 Å². The Morgan fingerprint density at radius 3 is 0.206 bits per heavy atom. The van der Waals surface area contributed by atoms with Crippen molar-refractivity contribution in [2.75, 3.05) is 0 Å². The SMILES string of the molecule is O=S(O)O.O=S(O)O.O=S(O)O.O=S(O)O.O=S(O)O.O=S(O)O.O=S(O)O.O=S(O)O.[NaH].[NaH]. The van der Waals surface area contributed by atoms with Crippen LogP contribution < -0.4 is 0 Å². The van der Waals surface area contributed by atoms with Gasteiger partial charge in [-0.1, -0.05) is 0 Å². The first kappa shape index (κ1) is 65.5. The number of rotatable bonds is 0. The molecule has 16 N–H and O–H groups in total. The van der Waals surface area contributed by atoms with Gasteiger partial charge in [-0.25, -0.2) is 0 Å². The molecule has 0 spiro atoms. The summed E-state index contributed by atoms with van der Waals surface area (Å²) in [6.07, 6.45) is 0. The Balaban J connectivity index is -0.0000000240. The molecule has 0 aromatic carbocycles. The Bertz CT molecular complexity index is 365. The van der Waals surface area contributed by atoms with Crippen molar-refractivity contribution in [3.05, 3.63) is 0 Å². The summed E-state index contributed by atoms with van der Waals surface area (Å²) in [5.41, 5.74) is 0. The first-order chi connectivity index (χ1) is 13.9. The third kappa shape index (κ3) is 5940. The fraction of sp³-hybridized carbons (Fsp3) is 0. The van der Waals surface area contributed by atoms with Crippen molar-refractivity contribution in [2.24, 2.45) is 0 Å². The summed E-state index contributed by atoms with van der Waals surface area (Å²) in [5, 5.41) is 0. The monoisotopic (exact) mass is 704 g/mol. The fourth-order valence-corrected chi connectivity index (χ4v) is 0. The Hall–Kier alpha value is 2.56. The van der Waals surface area contributed by atoms with E-state index in [0.29, 0.717) is 0 Å². The molecule has 0 aromatic rings. The van der Waals surface area contributed by atoms with E-state index in [9.17, 15) is 0 Å². The van der Waals surface area contributed by atoms with Gasteiger partial charge in [0.05, 0.1) is 0 Å². The van der Waals surface area contributed by atoms with Crippen LogP contribution in [0.5, 0.6) is 0 Å². The van der Waals surface area contributed by atoms with E-state index in [1.807, 2.05) is 0 Å². The summed E-state index contributed by atoms with van der Waals surface area (Å²) in [6, 6.07) is 0. The molecule has 212 valence electrons. The van der Waals surface area contributed by atoms with Crippen molar-refractivity contribution < 1.29 is 107 Å². The Kier molecular flexibility index (Phi) is 116. The van der Waals surface area contributed by atoms with Gasteiger partial charge in [0.25, 0.3) is 90.9 Å². The molecule has 0 aliphatic carbocycles. The summed E-state index contributed by atoms with van der Waals surface area (Å²) >= 11 is -20.9. The quantitative estimate of drug-likeness (QED) is 0.0847. The zero-order valence-electron chi connectivity index (χ0n) is 13.7. The Morgan fingerprint density at radius 2 is 0.206 bits per heavy atom. The molecule has 0 amide bonds. The van der Waals surface area contributed by atoms with Crippen LogP contribution in [0.4, 0.5) is 0 Å². The summed E-state index contributed by atoms with van der Waals surface area (Å²) in [7, 11) is 0. The molecule has 0 rings (SSSR count). The molecule has 0 unspecified atom stereocenters. The van der Waals surface area contributed by atoms with Crippen LogP contribution in [0.25, 0.3) is 0 Å². The molecule has 0 saturated heterocycles. The molecule has 0 radical (unpaired) electrons. The number of hydrogen-bond donors (Lipinski definition) is 16. The Morgan fingerprint density at radius 1 is 0.206 bits per heavy atom. The van der Waals surface area contributed by atoms with E-state index in [1.165, 1.54) is 0 Å². The van der Waals surface area contributed by atoms with Gasteiger partial charge < -0.3 is 0 Å². The predicted octanol–water partition coefficient (Wildman–Crippen LogP) is -3.85. The molecule has 0 bridgehead atoms. The maximum atomic E-state index is 8.67. The van der Waals surface area contributed by atoms with Crippen LogP contribution >= 0.6 is 0 Å². The van der Waals surface area contributed by atoms with Crippen LogP contribution in [0, 0.1) is 0 Å². The second kappa shape index (κ2) is 60.2. The topological polar surface area (TPSA) is 460 Å². The fourth-order valence-electron chi connectivity index (χ4n) is 0. The minimum absolute atomic E-state index is 0. The van der Waals surface area contributed by atoms with Crippen molar-refractivity contribution in [1.82, 2.24) is 0 Å². The molecular weight excluding hydrogens is 686 g/mol. The standard InChI is InChI=1S/2Na.8H2O3S.2H/c;;8*1-4(2)3;;/h;;8*(H2,1,2,3);;. The first-order valence-electron chi connectivity index (χ1n) is 4.25. The van der Waals surface area contributed by atoms with Gasteiger partial charge in [-0.2, -0.15) is 33.7 Å². The van der Waals surface area contributed by atoms with Crippen LogP contribution in [0.1, 0.15) is 0 Å². The van der Waals surface area contributed by atoms with Crippen LogP contribution in [0.15, 0.2) is 0 Å². The van der Waals surface area contributed by atoms with Crippen molar-refractivity contribution in [3.8, 4) is 0 Å². The first-order valence-corrected chi connectivity index (χ1v) is 12.8. The molecule has 0 atom stereocenters. The molecule has 0 aliphatic heterocycles. The van der Waals surface area contributed by atoms with E-state index >= 15 is 0 Å². The third-order valence-corrected chi connectivity index (χ3v) is 0. The van der Waals surface area contributed by atoms with E-state index in [2.05, 4.69) is 0 Å². The van der Waals surface area contributed by atoms with Gasteiger partial charge in [0.15, 0.2) is 0 Å². The van der Waals surface area contributed by atoms with E-state index in [-0.39, 0.29) is 59.1 Å². The maximum absolute atomic E-state index is 8.67. The van der Waals surface area contributed by atoms with E-state index < -0.39 is 90.9 Å². The number of hydrogen-bond acceptors (Lipinski definition) is 8. The van der Waals surface area contributed by atoms with E-state index in [4.69, 9.17) is 107 Å². The normalized spacial score (nSPS) is 8.24. The van der Waals surface area contributed by atoms with Gasteiger partial charge in [-0.05, 0) is 0 Å². The van der Waals surface area contributed by atoms with Crippen LogP contribution in [0.2, 0.25) is 0 Å². The molecule has 0 heterocycles.